The fourth-order valence-corrected chi connectivity index (χ4v) is 1.64. The third-order valence-electron chi connectivity index (χ3n) is 2.41. The summed E-state index contributed by atoms with van der Waals surface area (Å²) in [4.78, 5) is 22.6. The number of terminal acetylenes is 1. The molecule has 1 aromatic carbocycles. The third kappa shape index (κ3) is 2.26. The molecule has 17 heavy (non-hydrogen) atoms. The van der Waals surface area contributed by atoms with Crippen LogP contribution in [0.4, 0.5) is 0 Å². The van der Waals surface area contributed by atoms with E-state index in [-0.39, 0.29) is 12.2 Å². The lowest BCUT2D eigenvalue weighted by molar-refractivity contribution is -0.116. The van der Waals surface area contributed by atoms with Crippen LogP contribution in [0.1, 0.15) is 18.1 Å². The van der Waals surface area contributed by atoms with Crippen molar-refractivity contribution in [1.29, 1.82) is 0 Å². The summed E-state index contributed by atoms with van der Waals surface area (Å²) in [6.07, 6.45) is 5.35. The van der Waals surface area contributed by atoms with Crippen LogP contribution in [0.2, 0.25) is 0 Å². The van der Waals surface area contributed by atoms with Gasteiger partial charge in [0.15, 0.2) is 0 Å². The number of benzene rings is 1. The van der Waals surface area contributed by atoms with E-state index in [9.17, 15) is 9.59 Å². The summed E-state index contributed by atoms with van der Waals surface area (Å²) in [5.74, 6) is 2.40. The van der Waals surface area contributed by atoms with Gasteiger partial charge in [-0.1, -0.05) is 5.92 Å². The number of ketones is 1. The summed E-state index contributed by atoms with van der Waals surface area (Å²) in [5, 5.41) is 0.764. The zero-order valence-electron chi connectivity index (χ0n) is 9.32. The SMILES string of the molecule is C#Cc1ccc2cc(CC(C)=O)c(=O)oc2c1. The topological polar surface area (TPSA) is 47.3 Å². The second kappa shape index (κ2) is 4.26. The third-order valence-corrected chi connectivity index (χ3v) is 2.41. The van der Waals surface area contributed by atoms with Crippen LogP contribution < -0.4 is 5.63 Å². The molecule has 0 saturated heterocycles. The van der Waals surface area contributed by atoms with E-state index >= 15 is 0 Å². The van der Waals surface area contributed by atoms with Gasteiger partial charge in [0.25, 0.3) is 0 Å². The van der Waals surface area contributed by atoms with E-state index in [1.807, 2.05) is 0 Å². The van der Waals surface area contributed by atoms with Crippen molar-refractivity contribution in [2.45, 2.75) is 13.3 Å². The molecule has 0 radical (unpaired) electrons. The summed E-state index contributed by atoms with van der Waals surface area (Å²) >= 11 is 0. The Balaban J connectivity index is 2.63. The van der Waals surface area contributed by atoms with Crippen molar-refractivity contribution in [3.63, 3.8) is 0 Å². The highest BCUT2D eigenvalue weighted by Crippen LogP contribution is 2.15. The zero-order chi connectivity index (χ0) is 12.4. The van der Waals surface area contributed by atoms with Crippen molar-refractivity contribution >= 4 is 16.8 Å². The molecule has 84 valence electrons. The molecule has 0 unspecified atom stereocenters. The van der Waals surface area contributed by atoms with Gasteiger partial charge in [-0.2, -0.15) is 0 Å². The quantitative estimate of drug-likeness (QED) is 0.580. The minimum absolute atomic E-state index is 0.0723. The number of Topliss-reactive ketones (excluding diaryl/α,β-unsaturated/α-hetero) is 1. The van der Waals surface area contributed by atoms with Crippen LogP contribution in [0.25, 0.3) is 11.0 Å². The second-order valence-corrected chi connectivity index (χ2v) is 3.83. The second-order valence-electron chi connectivity index (χ2n) is 3.83. The largest absolute Gasteiger partial charge is 0.422 e. The van der Waals surface area contributed by atoms with Gasteiger partial charge in [-0.05, 0) is 31.2 Å². The molecule has 0 amide bonds. The Morgan fingerprint density at radius 2 is 2.18 bits per heavy atom. The van der Waals surface area contributed by atoms with Crippen molar-refractivity contribution in [2.75, 3.05) is 0 Å². The molecule has 1 heterocycles. The van der Waals surface area contributed by atoms with E-state index in [1.165, 1.54) is 6.92 Å². The van der Waals surface area contributed by atoms with E-state index in [4.69, 9.17) is 10.8 Å². The fourth-order valence-electron chi connectivity index (χ4n) is 1.64. The highest BCUT2D eigenvalue weighted by atomic mass is 16.4. The molecule has 0 bridgehead atoms. The van der Waals surface area contributed by atoms with Gasteiger partial charge in [0.05, 0.1) is 0 Å². The van der Waals surface area contributed by atoms with Gasteiger partial charge in [0, 0.05) is 22.9 Å². The standard InChI is InChI=1S/C14H10O3/c1-3-10-4-5-11-8-12(6-9(2)15)14(16)17-13(11)7-10/h1,4-5,7-8H,6H2,2H3. The molecule has 0 aliphatic heterocycles. The van der Waals surface area contributed by atoms with Gasteiger partial charge in [0.1, 0.15) is 11.4 Å². The molecule has 0 N–H and O–H groups in total. The molecule has 0 spiro atoms. The van der Waals surface area contributed by atoms with Crippen molar-refractivity contribution in [2.24, 2.45) is 0 Å². The highest BCUT2D eigenvalue weighted by Gasteiger charge is 2.07. The van der Waals surface area contributed by atoms with Crippen LogP contribution >= 0.6 is 0 Å². The zero-order valence-corrected chi connectivity index (χ0v) is 9.32. The first kappa shape index (κ1) is 11.2. The molecule has 0 saturated carbocycles. The Hall–Kier alpha value is -2.34. The Bertz CT molecular complexity index is 687. The van der Waals surface area contributed by atoms with Crippen molar-refractivity contribution < 1.29 is 9.21 Å². The molecule has 0 atom stereocenters. The monoisotopic (exact) mass is 226 g/mol. The predicted molar refractivity (Wildman–Crippen MR) is 64.8 cm³/mol. The molecule has 0 fully saturated rings. The van der Waals surface area contributed by atoms with Crippen LogP contribution in [-0.4, -0.2) is 5.78 Å². The van der Waals surface area contributed by atoms with Crippen LogP contribution in [0.5, 0.6) is 0 Å². The first-order chi connectivity index (χ1) is 8.10. The number of fused-ring (bicyclic) bond motifs is 1. The average Bonchev–Trinajstić information content (AvgIpc) is 2.29. The number of carbonyl (C=O) groups excluding carboxylic acids is 1. The van der Waals surface area contributed by atoms with E-state index < -0.39 is 5.63 Å². The molecule has 0 aliphatic rings. The maximum atomic E-state index is 11.6. The molecular weight excluding hydrogens is 216 g/mol. The Morgan fingerprint density at radius 3 is 2.82 bits per heavy atom. The highest BCUT2D eigenvalue weighted by molar-refractivity contribution is 5.82. The lowest BCUT2D eigenvalue weighted by Crippen LogP contribution is -2.10. The normalized spacial score (nSPS) is 10.1. The van der Waals surface area contributed by atoms with E-state index in [0.29, 0.717) is 16.7 Å². The minimum Gasteiger partial charge on any atom is -0.422 e. The van der Waals surface area contributed by atoms with Crippen LogP contribution in [-0.2, 0) is 11.2 Å². The molecule has 3 heteroatoms. The van der Waals surface area contributed by atoms with E-state index in [0.717, 1.165) is 5.39 Å². The van der Waals surface area contributed by atoms with Gasteiger partial charge in [-0.25, -0.2) is 4.79 Å². The number of hydrogen-bond donors (Lipinski definition) is 0. The Labute approximate surface area is 98.1 Å². The van der Waals surface area contributed by atoms with Crippen molar-refractivity contribution in [1.82, 2.24) is 0 Å². The molecule has 1 aromatic heterocycles. The lowest BCUT2D eigenvalue weighted by atomic mass is 10.1. The van der Waals surface area contributed by atoms with Crippen molar-refractivity contribution in [3.8, 4) is 12.3 Å². The average molecular weight is 226 g/mol. The first-order valence-corrected chi connectivity index (χ1v) is 5.13. The summed E-state index contributed by atoms with van der Waals surface area (Å²) in [6.45, 7) is 1.44. The molecule has 2 rings (SSSR count). The summed E-state index contributed by atoms with van der Waals surface area (Å²) in [6, 6.07) is 6.84. The lowest BCUT2D eigenvalue weighted by Gasteiger charge is -2.00. The number of rotatable bonds is 2. The van der Waals surface area contributed by atoms with E-state index in [2.05, 4.69) is 5.92 Å². The smallest absolute Gasteiger partial charge is 0.339 e. The van der Waals surface area contributed by atoms with Gasteiger partial charge < -0.3 is 4.42 Å². The van der Waals surface area contributed by atoms with Gasteiger partial charge in [-0.3, -0.25) is 4.79 Å². The fraction of sp³-hybridized carbons (Fsp3) is 0.143. The van der Waals surface area contributed by atoms with Crippen molar-refractivity contribution in [3.05, 3.63) is 45.8 Å². The molecule has 0 aliphatic carbocycles. The predicted octanol–water partition coefficient (Wildman–Crippen LogP) is 1.91. The molecule has 2 aromatic rings. The molecular formula is C14H10O3. The van der Waals surface area contributed by atoms with Gasteiger partial charge in [-0.15, -0.1) is 6.42 Å². The van der Waals surface area contributed by atoms with Crippen LogP contribution in [0.15, 0.2) is 33.5 Å². The first-order valence-electron chi connectivity index (χ1n) is 5.13. The van der Waals surface area contributed by atoms with Gasteiger partial charge in [0.2, 0.25) is 0 Å². The maximum absolute atomic E-state index is 11.6. The maximum Gasteiger partial charge on any atom is 0.339 e. The van der Waals surface area contributed by atoms with Crippen LogP contribution in [0, 0.1) is 12.3 Å². The van der Waals surface area contributed by atoms with Gasteiger partial charge >= 0.3 is 5.63 Å². The Morgan fingerprint density at radius 1 is 1.41 bits per heavy atom. The molecule has 3 nitrogen and oxygen atoms in total. The van der Waals surface area contributed by atoms with E-state index in [1.54, 1.807) is 24.3 Å². The summed E-state index contributed by atoms with van der Waals surface area (Å²) in [5.41, 5.74) is 0.984. The number of carbonyl (C=O) groups is 1. The van der Waals surface area contributed by atoms with Crippen LogP contribution in [0.3, 0.4) is 0 Å². The summed E-state index contributed by atoms with van der Waals surface area (Å²) in [7, 11) is 0. The Kier molecular flexibility index (Phi) is 2.80. The summed E-state index contributed by atoms with van der Waals surface area (Å²) < 4.78 is 5.13. The number of hydrogen-bond acceptors (Lipinski definition) is 3. The minimum atomic E-state index is -0.484.